The van der Waals surface area contributed by atoms with Crippen molar-refractivity contribution in [1.29, 1.82) is 0 Å². The van der Waals surface area contributed by atoms with Gasteiger partial charge in [-0.05, 0) is 68.3 Å². The van der Waals surface area contributed by atoms with Crippen LogP contribution in [0.4, 0.5) is 0 Å². The molecule has 2 N–H and O–H groups in total. The van der Waals surface area contributed by atoms with Crippen molar-refractivity contribution in [2.24, 2.45) is 0 Å². The predicted molar refractivity (Wildman–Crippen MR) is 83.2 cm³/mol. The smallest absolute Gasteiger partial charge is 0.0410 e. The van der Waals surface area contributed by atoms with Crippen molar-refractivity contribution in [2.45, 2.75) is 42.7 Å². The lowest BCUT2D eigenvalue weighted by atomic mass is 10.0. The molecule has 0 saturated carbocycles. The summed E-state index contributed by atoms with van der Waals surface area (Å²) in [6, 6.07) is 7.46. The Labute approximate surface area is 124 Å². The minimum atomic E-state index is 0.484. The molecule has 0 spiro atoms. The molecule has 2 aliphatic heterocycles. The Hall–Kier alpha value is -0.220. The maximum atomic E-state index is 6.16. The fourth-order valence-corrected chi connectivity index (χ4v) is 4.29. The van der Waals surface area contributed by atoms with Crippen LogP contribution in [-0.2, 0) is 0 Å². The number of hydrogen-bond acceptors (Lipinski definition) is 3. The largest absolute Gasteiger partial charge is 0.317 e. The summed E-state index contributed by atoms with van der Waals surface area (Å²) in [6.45, 7) is 2.31. The number of rotatable bonds is 2. The quantitative estimate of drug-likeness (QED) is 0.872. The fourth-order valence-electron chi connectivity index (χ4n) is 3.01. The molecule has 1 aromatic carbocycles. The van der Waals surface area contributed by atoms with Crippen molar-refractivity contribution in [3.05, 3.63) is 28.8 Å². The molecule has 2 aliphatic rings. The topological polar surface area (TPSA) is 24.1 Å². The van der Waals surface area contributed by atoms with E-state index in [2.05, 4.69) is 22.8 Å². The molecule has 0 aromatic heterocycles. The van der Waals surface area contributed by atoms with Crippen LogP contribution in [0.1, 0.15) is 37.3 Å². The Morgan fingerprint density at radius 3 is 3.11 bits per heavy atom. The maximum Gasteiger partial charge on any atom is 0.0410 e. The minimum absolute atomic E-state index is 0.484. The molecule has 2 unspecified atom stereocenters. The van der Waals surface area contributed by atoms with Crippen LogP contribution in [0.5, 0.6) is 0 Å². The van der Waals surface area contributed by atoms with Crippen LogP contribution >= 0.6 is 23.4 Å². The minimum Gasteiger partial charge on any atom is -0.317 e. The first-order valence-corrected chi connectivity index (χ1v) is 8.58. The molecule has 2 heterocycles. The monoisotopic (exact) mass is 296 g/mol. The highest BCUT2D eigenvalue weighted by molar-refractivity contribution is 7.99. The summed E-state index contributed by atoms with van der Waals surface area (Å²) in [6.07, 6.45) is 5.01. The summed E-state index contributed by atoms with van der Waals surface area (Å²) in [7, 11) is 0. The summed E-state index contributed by atoms with van der Waals surface area (Å²) < 4.78 is 0. The third-order valence-corrected chi connectivity index (χ3v) is 5.38. The van der Waals surface area contributed by atoms with Crippen LogP contribution in [-0.4, -0.2) is 24.9 Å². The Balaban J connectivity index is 1.73. The molecule has 1 aromatic rings. The van der Waals surface area contributed by atoms with E-state index in [0.29, 0.717) is 12.1 Å². The second kappa shape index (κ2) is 6.49. The molecule has 2 atom stereocenters. The van der Waals surface area contributed by atoms with Crippen molar-refractivity contribution >= 4 is 23.4 Å². The van der Waals surface area contributed by atoms with Gasteiger partial charge in [-0.25, -0.2) is 0 Å². The van der Waals surface area contributed by atoms with Crippen LogP contribution in [0.2, 0.25) is 5.02 Å². The number of thioether (sulfide) groups is 1. The molecule has 1 saturated heterocycles. The standard InChI is InChI=1S/C15H21ClN2S/c16-11-3-4-15-13(10-11)14(6-9-19-15)18-12-2-1-7-17-8-5-12/h3-4,10,12,14,17-18H,1-2,5-9H2. The van der Waals surface area contributed by atoms with Crippen molar-refractivity contribution in [1.82, 2.24) is 10.6 Å². The number of fused-ring (bicyclic) bond motifs is 1. The SMILES string of the molecule is Clc1ccc2c(c1)C(NC1CCCNCC1)CCS2. The van der Waals surface area contributed by atoms with Crippen LogP contribution in [0, 0.1) is 0 Å². The zero-order valence-corrected chi connectivity index (χ0v) is 12.7. The van der Waals surface area contributed by atoms with Crippen LogP contribution < -0.4 is 10.6 Å². The van der Waals surface area contributed by atoms with E-state index in [0.717, 1.165) is 11.6 Å². The second-order valence-corrected chi connectivity index (χ2v) is 6.99. The van der Waals surface area contributed by atoms with Crippen LogP contribution in [0.15, 0.2) is 23.1 Å². The third kappa shape index (κ3) is 3.46. The molecule has 0 bridgehead atoms. The van der Waals surface area contributed by atoms with Gasteiger partial charge >= 0.3 is 0 Å². The van der Waals surface area contributed by atoms with Crippen molar-refractivity contribution < 1.29 is 0 Å². The molecule has 4 heteroatoms. The molecular formula is C15H21ClN2S. The fraction of sp³-hybridized carbons (Fsp3) is 0.600. The van der Waals surface area contributed by atoms with E-state index in [-0.39, 0.29) is 0 Å². The van der Waals surface area contributed by atoms with E-state index in [1.54, 1.807) is 0 Å². The van der Waals surface area contributed by atoms with Crippen molar-refractivity contribution in [3.63, 3.8) is 0 Å². The third-order valence-electron chi connectivity index (χ3n) is 4.02. The van der Waals surface area contributed by atoms with Gasteiger partial charge in [-0.1, -0.05) is 11.6 Å². The summed E-state index contributed by atoms with van der Waals surface area (Å²) in [5, 5.41) is 8.20. The summed E-state index contributed by atoms with van der Waals surface area (Å²) >= 11 is 8.12. The molecule has 19 heavy (non-hydrogen) atoms. The van der Waals surface area contributed by atoms with E-state index < -0.39 is 0 Å². The average Bonchev–Trinajstić information content (AvgIpc) is 2.68. The van der Waals surface area contributed by atoms with E-state index in [4.69, 9.17) is 11.6 Å². The van der Waals surface area contributed by atoms with Crippen LogP contribution in [0.25, 0.3) is 0 Å². The molecule has 0 amide bonds. The van der Waals surface area contributed by atoms with E-state index in [9.17, 15) is 0 Å². The average molecular weight is 297 g/mol. The molecule has 1 fully saturated rings. The first-order valence-electron chi connectivity index (χ1n) is 7.22. The first kappa shape index (κ1) is 13.7. The zero-order chi connectivity index (χ0) is 13.1. The summed E-state index contributed by atoms with van der Waals surface area (Å²) in [4.78, 5) is 1.40. The number of hydrogen-bond donors (Lipinski definition) is 2. The molecule has 0 radical (unpaired) electrons. The van der Waals surface area contributed by atoms with Gasteiger partial charge in [0.1, 0.15) is 0 Å². The van der Waals surface area contributed by atoms with Gasteiger partial charge in [0.25, 0.3) is 0 Å². The lowest BCUT2D eigenvalue weighted by molar-refractivity contribution is 0.394. The van der Waals surface area contributed by atoms with Gasteiger partial charge in [-0.15, -0.1) is 11.8 Å². The Bertz CT molecular complexity index is 430. The van der Waals surface area contributed by atoms with Crippen molar-refractivity contribution in [2.75, 3.05) is 18.8 Å². The predicted octanol–water partition coefficient (Wildman–Crippen LogP) is 3.61. The van der Waals surface area contributed by atoms with Gasteiger partial charge in [0.05, 0.1) is 0 Å². The van der Waals surface area contributed by atoms with Gasteiger partial charge < -0.3 is 10.6 Å². The van der Waals surface area contributed by atoms with E-state index >= 15 is 0 Å². The molecule has 104 valence electrons. The van der Waals surface area contributed by atoms with Gasteiger partial charge in [0.15, 0.2) is 0 Å². The summed E-state index contributed by atoms with van der Waals surface area (Å²) in [5.41, 5.74) is 1.40. The van der Waals surface area contributed by atoms with Gasteiger partial charge in [-0.3, -0.25) is 0 Å². The lowest BCUT2D eigenvalue weighted by Crippen LogP contribution is -2.35. The summed E-state index contributed by atoms with van der Waals surface area (Å²) in [5.74, 6) is 1.21. The maximum absolute atomic E-state index is 6.16. The molecular weight excluding hydrogens is 276 g/mol. The number of halogens is 1. The Morgan fingerprint density at radius 1 is 1.21 bits per heavy atom. The zero-order valence-electron chi connectivity index (χ0n) is 11.1. The highest BCUT2D eigenvalue weighted by Gasteiger charge is 2.23. The van der Waals surface area contributed by atoms with Gasteiger partial charge in [0.2, 0.25) is 0 Å². The Kier molecular flexibility index (Phi) is 4.69. The lowest BCUT2D eigenvalue weighted by Gasteiger charge is -2.30. The molecule has 3 rings (SSSR count). The number of benzene rings is 1. The van der Waals surface area contributed by atoms with E-state index in [1.165, 1.54) is 48.4 Å². The highest BCUT2D eigenvalue weighted by Crippen LogP contribution is 2.38. The van der Waals surface area contributed by atoms with Gasteiger partial charge in [-0.2, -0.15) is 0 Å². The van der Waals surface area contributed by atoms with Crippen molar-refractivity contribution in [3.8, 4) is 0 Å². The first-order chi connectivity index (χ1) is 9.33. The highest BCUT2D eigenvalue weighted by atomic mass is 35.5. The Morgan fingerprint density at radius 2 is 2.16 bits per heavy atom. The number of nitrogens with one attached hydrogen (secondary N) is 2. The van der Waals surface area contributed by atoms with Gasteiger partial charge in [0, 0.05) is 22.0 Å². The molecule has 2 nitrogen and oxygen atoms in total. The van der Waals surface area contributed by atoms with Crippen LogP contribution in [0.3, 0.4) is 0 Å². The van der Waals surface area contributed by atoms with E-state index in [1.807, 2.05) is 17.8 Å². The molecule has 0 aliphatic carbocycles. The second-order valence-electron chi connectivity index (χ2n) is 5.42. The normalized spacial score (nSPS) is 27.6.